The van der Waals surface area contributed by atoms with Crippen LogP contribution in [0.25, 0.3) is 11.0 Å². The third-order valence-corrected chi connectivity index (χ3v) is 5.25. The normalized spacial score (nSPS) is 15.0. The van der Waals surface area contributed by atoms with E-state index in [1.54, 1.807) is 4.90 Å². The van der Waals surface area contributed by atoms with Crippen LogP contribution in [0.1, 0.15) is 18.3 Å². The van der Waals surface area contributed by atoms with Crippen LogP contribution in [0.4, 0.5) is 9.18 Å². The fraction of sp³-hybridized carbons (Fsp3) is 0.364. The second-order valence-corrected chi connectivity index (χ2v) is 7.19. The van der Waals surface area contributed by atoms with Gasteiger partial charge in [0.15, 0.2) is 0 Å². The summed E-state index contributed by atoms with van der Waals surface area (Å²) in [5.41, 5.74) is 3.05. The third kappa shape index (κ3) is 4.40. The zero-order chi connectivity index (χ0) is 20.2. The summed E-state index contributed by atoms with van der Waals surface area (Å²) in [4.78, 5) is 20.8. The van der Waals surface area contributed by atoms with E-state index in [0.717, 1.165) is 35.5 Å². The number of hydrogen-bond donors (Lipinski definition) is 0. The molecule has 7 heteroatoms. The molecule has 1 saturated heterocycles. The largest absolute Gasteiger partial charge is 0.450 e. The number of carbonyl (C=O) groups is 1. The molecule has 29 heavy (non-hydrogen) atoms. The Kier molecular flexibility index (Phi) is 5.76. The summed E-state index contributed by atoms with van der Waals surface area (Å²) in [5.74, 6) is 0.740. The highest BCUT2D eigenvalue weighted by atomic mass is 19.1. The molecule has 0 radical (unpaired) electrons. The third-order valence-electron chi connectivity index (χ3n) is 5.25. The van der Waals surface area contributed by atoms with Crippen molar-refractivity contribution < 1.29 is 13.9 Å². The van der Waals surface area contributed by atoms with Gasteiger partial charge in [-0.1, -0.05) is 24.3 Å². The molecule has 3 aromatic rings. The maximum Gasteiger partial charge on any atom is 0.409 e. The molecule has 6 nitrogen and oxygen atoms in total. The van der Waals surface area contributed by atoms with Crippen LogP contribution in [0.2, 0.25) is 0 Å². The number of piperazine rings is 1. The van der Waals surface area contributed by atoms with Gasteiger partial charge in [0.1, 0.15) is 11.6 Å². The van der Waals surface area contributed by atoms with Gasteiger partial charge in [-0.2, -0.15) is 0 Å². The van der Waals surface area contributed by atoms with Gasteiger partial charge in [0, 0.05) is 32.7 Å². The molecule has 0 unspecified atom stereocenters. The SMILES string of the molecule is CCOC(=O)N1CCN(Cc2nc3ccccc3n2Cc2ccc(F)cc2)CC1. The molecule has 0 spiro atoms. The highest BCUT2D eigenvalue weighted by Crippen LogP contribution is 2.20. The number of amides is 1. The molecule has 1 aromatic heterocycles. The quantitative estimate of drug-likeness (QED) is 0.662. The number of imidazole rings is 1. The van der Waals surface area contributed by atoms with Crippen LogP contribution in [-0.2, 0) is 17.8 Å². The van der Waals surface area contributed by atoms with Crippen LogP contribution in [0.5, 0.6) is 0 Å². The molecule has 4 rings (SSSR count). The average molecular weight is 396 g/mol. The lowest BCUT2D eigenvalue weighted by atomic mass is 10.2. The molecule has 0 aliphatic carbocycles. The molecule has 1 fully saturated rings. The van der Waals surface area contributed by atoms with E-state index in [0.29, 0.717) is 32.8 Å². The van der Waals surface area contributed by atoms with Crippen LogP contribution in [0, 0.1) is 5.82 Å². The number of rotatable bonds is 5. The standard InChI is InChI=1S/C22H25FN4O2/c1-2-29-22(28)26-13-11-25(12-14-26)16-21-24-19-5-3-4-6-20(19)27(21)15-17-7-9-18(23)10-8-17/h3-10H,2,11-16H2,1H3. The molecule has 0 atom stereocenters. The van der Waals surface area contributed by atoms with E-state index < -0.39 is 0 Å². The molecule has 0 N–H and O–H groups in total. The topological polar surface area (TPSA) is 50.6 Å². The van der Waals surface area contributed by atoms with Gasteiger partial charge in [0.05, 0.1) is 24.2 Å². The van der Waals surface area contributed by atoms with E-state index in [1.165, 1.54) is 12.1 Å². The van der Waals surface area contributed by atoms with Crippen molar-refractivity contribution in [3.8, 4) is 0 Å². The van der Waals surface area contributed by atoms with Crippen molar-refractivity contribution in [1.82, 2.24) is 19.4 Å². The maximum absolute atomic E-state index is 13.3. The van der Waals surface area contributed by atoms with Gasteiger partial charge in [-0.05, 0) is 36.8 Å². The molecule has 1 amide bonds. The molecule has 0 bridgehead atoms. The Labute approximate surface area is 169 Å². The van der Waals surface area contributed by atoms with Crippen molar-refractivity contribution in [1.29, 1.82) is 0 Å². The predicted octanol–water partition coefficient (Wildman–Crippen LogP) is 3.50. The summed E-state index contributed by atoms with van der Waals surface area (Å²) >= 11 is 0. The van der Waals surface area contributed by atoms with E-state index in [4.69, 9.17) is 9.72 Å². The Hall–Kier alpha value is -2.93. The van der Waals surface area contributed by atoms with Crippen molar-refractivity contribution in [2.45, 2.75) is 20.0 Å². The van der Waals surface area contributed by atoms with Crippen molar-refractivity contribution in [3.63, 3.8) is 0 Å². The van der Waals surface area contributed by atoms with Gasteiger partial charge in [-0.3, -0.25) is 4.90 Å². The number of fused-ring (bicyclic) bond motifs is 1. The maximum atomic E-state index is 13.3. The van der Waals surface area contributed by atoms with Gasteiger partial charge in [0.25, 0.3) is 0 Å². The first-order valence-corrected chi connectivity index (χ1v) is 9.96. The predicted molar refractivity (Wildman–Crippen MR) is 109 cm³/mol. The minimum atomic E-state index is -0.240. The minimum Gasteiger partial charge on any atom is -0.450 e. The van der Waals surface area contributed by atoms with Gasteiger partial charge < -0.3 is 14.2 Å². The van der Waals surface area contributed by atoms with Crippen LogP contribution in [0.15, 0.2) is 48.5 Å². The Morgan fingerprint density at radius 2 is 1.76 bits per heavy atom. The fourth-order valence-electron chi connectivity index (χ4n) is 3.70. The fourth-order valence-corrected chi connectivity index (χ4v) is 3.70. The molecule has 2 aromatic carbocycles. The molecule has 0 saturated carbocycles. The van der Waals surface area contributed by atoms with E-state index in [2.05, 4.69) is 15.5 Å². The van der Waals surface area contributed by atoms with E-state index in [9.17, 15) is 9.18 Å². The summed E-state index contributed by atoms with van der Waals surface area (Å²) < 4.78 is 20.6. The van der Waals surface area contributed by atoms with Crippen LogP contribution in [0.3, 0.4) is 0 Å². The van der Waals surface area contributed by atoms with E-state index in [1.807, 2.05) is 37.3 Å². The zero-order valence-corrected chi connectivity index (χ0v) is 16.6. The minimum absolute atomic E-state index is 0.232. The number of halogens is 1. The first kappa shape index (κ1) is 19.4. The summed E-state index contributed by atoms with van der Waals surface area (Å²) in [6.45, 7) is 6.41. The summed E-state index contributed by atoms with van der Waals surface area (Å²) in [5, 5.41) is 0. The van der Waals surface area contributed by atoms with Crippen molar-refractivity contribution in [2.75, 3.05) is 32.8 Å². The molecule has 1 aliphatic heterocycles. The van der Waals surface area contributed by atoms with Gasteiger partial charge >= 0.3 is 6.09 Å². The van der Waals surface area contributed by atoms with E-state index >= 15 is 0 Å². The number of ether oxygens (including phenoxy) is 1. The Morgan fingerprint density at radius 1 is 1.03 bits per heavy atom. The molecular formula is C22H25FN4O2. The second kappa shape index (κ2) is 8.61. The lowest BCUT2D eigenvalue weighted by Crippen LogP contribution is -2.48. The highest BCUT2D eigenvalue weighted by molar-refractivity contribution is 5.76. The average Bonchev–Trinajstić information content (AvgIpc) is 3.07. The molecule has 2 heterocycles. The highest BCUT2D eigenvalue weighted by Gasteiger charge is 2.23. The van der Waals surface area contributed by atoms with Crippen LogP contribution in [-0.4, -0.2) is 58.2 Å². The number of carbonyl (C=O) groups excluding carboxylic acids is 1. The number of aromatic nitrogens is 2. The van der Waals surface area contributed by atoms with Gasteiger partial charge in [-0.25, -0.2) is 14.2 Å². The number of hydrogen-bond acceptors (Lipinski definition) is 4. The summed E-state index contributed by atoms with van der Waals surface area (Å²) in [6, 6.07) is 14.7. The monoisotopic (exact) mass is 396 g/mol. The van der Waals surface area contributed by atoms with Gasteiger partial charge in [0.2, 0.25) is 0 Å². The number of nitrogens with zero attached hydrogens (tertiary/aromatic N) is 4. The Bertz CT molecular complexity index is 978. The molecule has 1 aliphatic rings. The lowest BCUT2D eigenvalue weighted by Gasteiger charge is -2.33. The zero-order valence-electron chi connectivity index (χ0n) is 16.6. The molecular weight excluding hydrogens is 371 g/mol. The van der Waals surface area contributed by atoms with Gasteiger partial charge in [-0.15, -0.1) is 0 Å². The van der Waals surface area contributed by atoms with Crippen molar-refractivity contribution >= 4 is 17.1 Å². The van der Waals surface area contributed by atoms with Crippen molar-refractivity contribution in [2.24, 2.45) is 0 Å². The Morgan fingerprint density at radius 3 is 2.48 bits per heavy atom. The first-order valence-electron chi connectivity index (χ1n) is 9.96. The Balaban J connectivity index is 1.51. The second-order valence-electron chi connectivity index (χ2n) is 7.19. The van der Waals surface area contributed by atoms with Crippen molar-refractivity contribution in [3.05, 3.63) is 65.7 Å². The number of benzene rings is 2. The summed E-state index contributed by atoms with van der Waals surface area (Å²) in [7, 11) is 0. The number of para-hydroxylation sites is 2. The molecule has 152 valence electrons. The summed E-state index contributed by atoms with van der Waals surface area (Å²) in [6.07, 6.45) is -0.240. The van der Waals surface area contributed by atoms with Crippen LogP contribution < -0.4 is 0 Å². The lowest BCUT2D eigenvalue weighted by molar-refractivity contribution is 0.0769. The first-order chi connectivity index (χ1) is 14.1. The smallest absolute Gasteiger partial charge is 0.409 e. The van der Waals surface area contributed by atoms with E-state index in [-0.39, 0.29) is 11.9 Å². The van der Waals surface area contributed by atoms with Crippen LogP contribution >= 0.6 is 0 Å².